The van der Waals surface area contributed by atoms with Crippen LogP contribution in [-0.2, 0) is 6.42 Å². The van der Waals surface area contributed by atoms with E-state index in [1.165, 1.54) is 0 Å². The van der Waals surface area contributed by atoms with Crippen LogP contribution in [0.25, 0.3) is 0 Å². The van der Waals surface area contributed by atoms with Crippen molar-refractivity contribution >= 4 is 11.6 Å². The lowest BCUT2D eigenvalue weighted by Crippen LogP contribution is -1.96. The van der Waals surface area contributed by atoms with Crippen LogP contribution >= 0.6 is 11.6 Å². The molecule has 0 spiro atoms. The van der Waals surface area contributed by atoms with Crippen molar-refractivity contribution in [1.29, 1.82) is 0 Å². The Morgan fingerprint density at radius 2 is 2.00 bits per heavy atom. The molecule has 88 valence electrons. The fraction of sp³-hybridized carbons (Fsp3) is 0.231. The quantitative estimate of drug-likeness (QED) is 0.775. The van der Waals surface area contributed by atoms with Gasteiger partial charge in [0.15, 0.2) is 5.75 Å². The van der Waals surface area contributed by atoms with Crippen LogP contribution in [0.1, 0.15) is 18.3 Å². The monoisotopic (exact) mass is 248 g/mol. The van der Waals surface area contributed by atoms with E-state index in [0.29, 0.717) is 11.0 Å². The zero-order valence-corrected chi connectivity index (χ0v) is 10.5. The highest BCUT2D eigenvalue weighted by molar-refractivity contribution is 6.29. The van der Waals surface area contributed by atoms with Gasteiger partial charge in [0, 0.05) is 11.8 Å². The van der Waals surface area contributed by atoms with Crippen LogP contribution < -0.4 is 4.74 Å². The summed E-state index contributed by atoms with van der Waals surface area (Å²) in [7, 11) is 0. The molecule has 2 rings (SSSR count). The molecule has 0 aliphatic rings. The van der Waals surface area contributed by atoms with Gasteiger partial charge in [-0.15, -0.1) is 0 Å². The summed E-state index contributed by atoms with van der Waals surface area (Å²) in [4.78, 5) is 8.51. The van der Waals surface area contributed by atoms with Gasteiger partial charge >= 0.3 is 0 Å². The minimum absolute atomic E-state index is 0.417. The van der Waals surface area contributed by atoms with Gasteiger partial charge in [-0.05, 0) is 31.5 Å². The van der Waals surface area contributed by atoms with Gasteiger partial charge in [0.1, 0.15) is 5.15 Å². The Kier molecular flexibility index (Phi) is 3.59. The molecule has 2 heterocycles. The predicted molar refractivity (Wildman–Crippen MR) is 67.7 cm³/mol. The molecule has 2 aromatic rings. The molecule has 0 bridgehead atoms. The molecule has 4 heteroatoms. The number of pyridine rings is 2. The number of halogens is 1. The Morgan fingerprint density at radius 1 is 1.18 bits per heavy atom. The Morgan fingerprint density at radius 3 is 2.71 bits per heavy atom. The minimum atomic E-state index is 0.417. The third-order valence-corrected chi connectivity index (χ3v) is 2.52. The molecule has 0 saturated heterocycles. The lowest BCUT2D eigenvalue weighted by molar-refractivity contribution is 0.454. The zero-order chi connectivity index (χ0) is 12.3. The summed E-state index contributed by atoms with van der Waals surface area (Å²) >= 11 is 5.80. The second-order valence-corrected chi connectivity index (χ2v) is 4.04. The molecule has 0 amide bonds. The molecule has 0 aliphatic carbocycles. The lowest BCUT2D eigenvalue weighted by atomic mass is 10.2. The topological polar surface area (TPSA) is 35.0 Å². The first-order chi connectivity index (χ1) is 8.19. The van der Waals surface area contributed by atoms with Gasteiger partial charge in [0.05, 0.1) is 5.69 Å². The van der Waals surface area contributed by atoms with Crippen LogP contribution in [0.4, 0.5) is 0 Å². The molecule has 0 aliphatic heterocycles. The standard InChI is InChI=1S/C13H13ClN2O/c1-3-10-11(8-7-9(2)15-10)17-13-6-4-5-12(14)16-13/h4-8H,3H2,1-2H3. The normalized spacial score (nSPS) is 10.3. The third-order valence-electron chi connectivity index (χ3n) is 2.31. The van der Waals surface area contributed by atoms with Crippen molar-refractivity contribution in [2.24, 2.45) is 0 Å². The van der Waals surface area contributed by atoms with Crippen molar-refractivity contribution < 1.29 is 4.74 Å². The van der Waals surface area contributed by atoms with Gasteiger partial charge in [-0.25, -0.2) is 4.98 Å². The van der Waals surface area contributed by atoms with E-state index in [4.69, 9.17) is 16.3 Å². The first kappa shape index (κ1) is 11.9. The van der Waals surface area contributed by atoms with Gasteiger partial charge < -0.3 is 4.74 Å². The van der Waals surface area contributed by atoms with Crippen LogP contribution in [0.3, 0.4) is 0 Å². The van der Waals surface area contributed by atoms with Crippen molar-refractivity contribution in [2.45, 2.75) is 20.3 Å². The van der Waals surface area contributed by atoms with Crippen molar-refractivity contribution in [3.05, 3.63) is 46.9 Å². The Hall–Kier alpha value is -1.61. The van der Waals surface area contributed by atoms with E-state index >= 15 is 0 Å². The first-order valence-electron chi connectivity index (χ1n) is 5.46. The number of hydrogen-bond donors (Lipinski definition) is 0. The largest absolute Gasteiger partial charge is 0.437 e. The first-order valence-corrected chi connectivity index (χ1v) is 5.83. The van der Waals surface area contributed by atoms with E-state index in [-0.39, 0.29) is 0 Å². The molecule has 0 saturated carbocycles. The molecule has 0 unspecified atom stereocenters. The van der Waals surface area contributed by atoms with E-state index in [1.807, 2.05) is 26.0 Å². The Labute approximate surface area is 105 Å². The van der Waals surface area contributed by atoms with Crippen molar-refractivity contribution in [3.8, 4) is 11.6 Å². The van der Waals surface area contributed by atoms with E-state index in [2.05, 4.69) is 9.97 Å². The smallest absolute Gasteiger partial charge is 0.220 e. The van der Waals surface area contributed by atoms with Crippen LogP contribution in [-0.4, -0.2) is 9.97 Å². The summed E-state index contributed by atoms with van der Waals surface area (Å²) in [6.07, 6.45) is 0.817. The molecule has 0 N–H and O–H groups in total. The number of ether oxygens (including phenoxy) is 1. The predicted octanol–water partition coefficient (Wildman–Crippen LogP) is 3.79. The summed E-state index contributed by atoms with van der Waals surface area (Å²) in [6.45, 7) is 4.00. The average Bonchev–Trinajstić information content (AvgIpc) is 2.31. The maximum absolute atomic E-state index is 5.80. The van der Waals surface area contributed by atoms with Gasteiger partial charge in [0.2, 0.25) is 5.88 Å². The Bertz CT molecular complexity index is 529. The summed E-state index contributed by atoms with van der Waals surface area (Å²) in [5.41, 5.74) is 1.90. The second-order valence-electron chi connectivity index (χ2n) is 3.65. The second kappa shape index (κ2) is 5.15. The van der Waals surface area contributed by atoms with E-state index in [0.717, 1.165) is 23.6 Å². The van der Waals surface area contributed by atoms with Gasteiger partial charge in [-0.2, -0.15) is 0 Å². The van der Waals surface area contributed by atoms with Crippen molar-refractivity contribution in [3.63, 3.8) is 0 Å². The summed E-state index contributed by atoms with van der Waals surface area (Å²) in [6, 6.07) is 9.11. The highest BCUT2D eigenvalue weighted by atomic mass is 35.5. The molecule has 0 radical (unpaired) electrons. The van der Waals surface area contributed by atoms with E-state index in [1.54, 1.807) is 18.2 Å². The highest BCUT2D eigenvalue weighted by Crippen LogP contribution is 2.24. The SMILES string of the molecule is CCc1nc(C)ccc1Oc1cccc(Cl)n1. The van der Waals surface area contributed by atoms with E-state index in [9.17, 15) is 0 Å². The van der Waals surface area contributed by atoms with Gasteiger partial charge in [-0.3, -0.25) is 4.98 Å². The molecule has 3 nitrogen and oxygen atoms in total. The van der Waals surface area contributed by atoms with Crippen LogP contribution in [0.2, 0.25) is 5.15 Å². The van der Waals surface area contributed by atoms with Crippen LogP contribution in [0.15, 0.2) is 30.3 Å². The molecule has 0 aromatic carbocycles. The van der Waals surface area contributed by atoms with Crippen molar-refractivity contribution in [1.82, 2.24) is 9.97 Å². The van der Waals surface area contributed by atoms with Crippen molar-refractivity contribution in [2.75, 3.05) is 0 Å². The molecule has 0 fully saturated rings. The summed E-state index contributed by atoms with van der Waals surface area (Å²) < 4.78 is 5.68. The highest BCUT2D eigenvalue weighted by Gasteiger charge is 2.06. The fourth-order valence-corrected chi connectivity index (χ4v) is 1.66. The molecule has 0 atom stereocenters. The maximum Gasteiger partial charge on any atom is 0.220 e. The van der Waals surface area contributed by atoms with Crippen LogP contribution in [0.5, 0.6) is 11.6 Å². The van der Waals surface area contributed by atoms with Gasteiger partial charge in [-0.1, -0.05) is 24.6 Å². The van der Waals surface area contributed by atoms with Crippen LogP contribution in [0, 0.1) is 6.92 Å². The lowest BCUT2D eigenvalue weighted by Gasteiger charge is -2.09. The summed E-state index contributed by atoms with van der Waals surface area (Å²) in [5.74, 6) is 1.21. The molecule has 2 aromatic heterocycles. The number of rotatable bonds is 3. The molecular weight excluding hydrogens is 236 g/mol. The molecular formula is C13H13ClN2O. The zero-order valence-electron chi connectivity index (χ0n) is 9.77. The van der Waals surface area contributed by atoms with Gasteiger partial charge in [0.25, 0.3) is 0 Å². The number of hydrogen-bond acceptors (Lipinski definition) is 3. The Balaban J connectivity index is 2.29. The fourth-order valence-electron chi connectivity index (χ4n) is 1.50. The average molecular weight is 249 g/mol. The number of nitrogens with zero attached hydrogens (tertiary/aromatic N) is 2. The summed E-state index contributed by atoms with van der Waals surface area (Å²) in [5, 5.41) is 0.417. The van der Waals surface area contributed by atoms with E-state index < -0.39 is 0 Å². The maximum atomic E-state index is 5.80. The molecule has 17 heavy (non-hydrogen) atoms. The third kappa shape index (κ3) is 2.94. The number of aromatic nitrogens is 2. The minimum Gasteiger partial charge on any atom is -0.437 e. The number of aryl methyl sites for hydroxylation is 2.